The number of carbonyl (C=O) groups excluding carboxylic acids is 1. The van der Waals surface area contributed by atoms with Gasteiger partial charge in [0.05, 0.1) is 19.1 Å². The second-order valence-electron chi connectivity index (χ2n) is 6.85. The van der Waals surface area contributed by atoms with E-state index in [1.54, 1.807) is 27.7 Å². The Hall–Kier alpha value is -2.00. The summed E-state index contributed by atoms with van der Waals surface area (Å²) in [5.41, 5.74) is -0.624. The lowest BCUT2D eigenvalue weighted by Gasteiger charge is -2.25. The largest absolute Gasteiger partial charge is 0.493 e. The van der Waals surface area contributed by atoms with Gasteiger partial charge in [-0.1, -0.05) is 0 Å². The number of rotatable bonds is 7. The molecule has 1 amide bonds. The van der Waals surface area contributed by atoms with E-state index in [1.807, 2.05) is 0 Å². The third kappa shape index (κ3) is 6.06. The van der Waals surface area contributed by atoms with Gasteiger partial charge in [-0.3, -0.25) is 0 Å². The van der Waals surface area contributed by atoms with E-state index in [0.717, 1.165) is 4.31 Å². The molecule has 1 N–H and O–H groups in total. The number of carbonyl (C=O) groups is 1. The van der Waals surface area contributed by atoms with Gasteiger partial charge in [0.25, 0.3) is 0 Å². The number of methoxy groups -OCH3 is 2. The molecule has 1 aromatic carbocycles. The highest BCUT2D eigenvalue weighted by molar-refractivity contribution is 7.89. The Morgan fingerprint density at radius 3 is 2.27 bits per heavy atom. The fourth-order valence-corrected chi connectivity index (χ4v) is 3.47. The second-order valence-corrected chi connectivity index (χ2v) is 8.89. The topological polar surface area (TPSA) is 94.2 Å². The lowest BCUT2D eigenvalue weighted by Crippen LogP contribution is -2.44. The maximum Gasteiger partial charge on any atom is 0.407 e. The highest BCUT2D eigenvalue weighted by atomic mass is 32.2. The molecule has 0 aliphatic heterocycles. The van der Waals surface area contributed by atoms with Crippen molar-refractivity contribution in [2.45, 2.75) is 44.2 Å². The zero-order valence-corrected chi connectivity index (χ0v) is 17.1. The summed E-state index contributed by atoms with van der Waals surface area (Å²) >= 11 is 0. The zero-order valence-electron chi connectivity index (χ0n) is 16.3. The molecule has 0 radical (unpaired) electrons. The van der Waals surface area contributed by atoms with E-state index in [1.165, 1.54) is 39.5 Å². The number of nitrogens with zero attached hydrogens (tertiary/aromatic N) is 1. The summed E-state index contributed by atoms with van der Waals surface area (Å²) in [6.45, 7) is 7.04. The lowest BCUT2D eigenvalue weighted by molar-refractivity contribution is 0.0504. The van der Waals surface area contributed by atoms with Crippen molar-refractivity contribution in [3.63, 3.8) is 0 Å². The molecule has 1 rings (SSSR count). The van der Waals surface area contributed by atoms with Crippen LogP contribution in [-0.2, 0) is 14.8 Å². The summed E-state index contributed by atoms with van der Waals surface area (Å²) in [6, 6.07) is 3.93. The number of hydrogen-bond donors (Lipinski definition) is 1. The van der Waals surface area contributed by atoms with Crippen LogP contribution in [0.3, 0.4) is 0 Å². The Bertz CT molecular complexity index is 727. The summed E-state index contributed by atoms with van der Waals surface area (Å²) in [4.78, 5) is 11.9. The quantitative estimate of drug-likeness (QED) is 0.770. The minimum Gasteiger partial charge on any atom is -0.493 e. The Balaban J connectivity index is 2.85. The van der Waals surface area contributed by atoms with Crippen molar-refractivity contribution in [2.75, 3.05) is 27.8 Å². The summed E-state index contributed by atoms with van der Waals surface area (Å²) < 4.78 is 42.1. The van der Waals surface area contributed by atoms with E-state index in [4.69, 9.17) is 14.2 Å². The van der Waals surface area contributed by atoms with Crippen LogP contribution in [0.2, 0.25) is 0 Å². The standard InChI is InChI=1S/C17H28N2O6S/c1-12(18-16(20)25-17(2,3)4)11-19(5)26(21,22)13-8-9-14(23-6)15(10-13)24-7/h8-10,12H,11H2,1-7H3,(H,18,20)/t12-/m1/s1. The molecule has 0 unspecified atom stereocenters. The Morgan fingerprint density at radius 2 is 1.77 bits per heavy atom. The molecule has 0 fully saturated rings. The molecule has 0 saturated carbocycles. The van der Waals surface area contributed by atoms with Crippen LogP contribution in [0.25, 0.3) is 0 Å². The van der Waals surface area contributed by atoms with Crippen LogP contribution < -0.4 is 14.8 Å². The molecule has 0 heterocycles. The van der Waals surface area contributed by atoms with Crippen LogP contribution >= 0.6 is 0 Å². The number of alkyl carbamates (subject to hydrolysis) is 1. The minimum atomic E-state index is -3.76. The first kappa shape index (κ1) is 22.0. The van der Waals surface area contributed by atoms with E-state index in [-0.39, 0.29) is 11.4 Å². The predicted octanol–water partition coefficient (Wildman–Crippen LogP) is 2.24. The van der Waals surface area contributed by atoms with Crippen LogP contribution in [0.5, 0.6) is 11.5 Å². The van der Waals surface area contributed by atoms with Crippen molar-refractivity contribution in [1.82, 2.24) is 9.62 Å². The Labute approximate surface area is 155 Å². The number of sulfonamides is 1. The first-order chi connectivity index (χ1) is 11.9. The van der Waals surface area contributed by atoms with Crippen LogP contribution in [0.1, 0.15) is 27.7 Å². The fraction of sp³-hybridized carbons (Fsp3) is 0.588. The average Bonchev–Trinajstić information content (AvgIpc) is 2.51. The Kier molecular flexibility index (Phi) is 7.28. The summed E-state index contributed by atoms with van der Waals surface area (Å²) in [6.07, 6.45) is -0.595. The van der Waals surface area contributed by atoms with Gasteiger partial charge in [0.15, 0.2) is 11.5 Å². The average molecular weight is 388 g/mol. The molecule has 8 nitrogen and oxygen atoms in total. The van der Waals surface area contributed by atoms with E-state index in [9.17, 15) is 13.2 Å². The van der Waals surface area contributed by atoms with Crippen molar-refractivity contribution in [3.8, 4) is 11.5 Å². The zero-order chi connectivity index (χ0) is 20.1. The van der Waals surface area contributed by atoms with Gasteiger partial charge in [-0.05, 0) is 39.8 Å². The Morgan fingerprint density at radius 1 is 1.19 bits per heavy atom. The van der Waals surface area contributed by atoms with E-state index in [0.29, 0.717) is 11.5 Å². The van der Waals surface area contributed by atoms with Crippen molar-refractivity contribution >= 4 is 16.1 Å². The van der Waals surface area contributed by atoms with Crippen LogP contribution in [0.4, 0.5) is 4.79 Å². The molecule has 0 aliphatic carbocycles. The highest BCUT2D eigenvalue weighted by Gasteiger charge is 2.25. The molecule has 0 aromatic heterocycles. The van der Waals surface area contributed by atoms with Crippen LogP contribution in [0.15, 0.2) is 23.1 Å². The summed E-state index contributed by atoms with van der Waals surface area (Å²) in [5, 5.41) is 2.62. The van der Waals surface area contributed by atoms with Gasteiger partial charge in [0, 0.05) is 25.7 Å². The van der Waals surface area contributed by atoms with Gasteiger partial charge < -0.3 is 19.5 Å². The molecule has 1 aromatic rings. The van der Waals surface area contributed by atoms with Gasteiger partial charge in [-0.15, -0.1) is 0 Å². The number of hydrogen-bond acceptors (Lipinski definition) is 6. The third-order valence-corrected chi connectivity index (χ3v) is 5.18. The molecule has 148 valence electrons. The number of likely N-dealkylation sites (N-methyl/N-ethyl adjacent to an activating group) is 1. The van der Waals surface area contributed by atoms with Gasteiger partial charge in [0.2, 0.25) is 10.0 Å². The van der Waals surface area contributed by atoms with Gasteiger partial charge in [-0.25, -0.2) is 13.2 Å². The molecule has 0 saturated heterocycles. The number of benzene rings is 1. The smallest absolute Gasteiger partial charge is 0.407 e. The van der Waals surface area contributed by atoms with Gasteiger partial charge in [-0.2, -0.15) is 4.31 Å². The molecule has 0 spiro atoms. The normalized spacial score (nSPS) is 13.2. The molecule has 26 heavy (non-hydrogen) atoms. The number of nitrogens with one attached hydrogen (secondary N) is 1. The van der Waals surface area contributed by atoms with Crippen molar-refractivity contribution in [2.24, 2.45) is 0 Å². The molecular formula is C17H28N2O6S. The maximum absolute atomic E-state index is 12.7. The first-order valence-electron chi connectivity index (χ1n) is 8.08. The second kappa shape index (κ2) is 8.59. The number of amides is 1. The first-order valence-corrected chi connectivity index (χ1v) is 9.52. The highest BCUT2D eigenvalue weighted by Crippen LogP contribution is 2.30. The van der Waals surface area contributed by atoms with E-state index in [2.05, 4.69) is 5.32 Å². The molecule has 0 aliphatic rings. The minimum absolute atomic E-state index is 0.0714. The van der Waals surface area contributed by atoms with E-state index >= 15 is 0 Å². The van der Waals surface area contributed by atoms with Gasteiger partial charge in [0.1, 0.15) is 5.60 Å². The summed E-state index contributed by atoms with van der Waals surface area (Å²) in [7, 11) is 0.597. The maximum atomic E-state index is 12.7. The van der Waals surface area contributed by atoms with Crippen molar-refractivity contribution in [1.29, 1.82) is 0 Å². The monoisotopic (exact) mass is 388 g/mol. The molecule has 9 heteroatoms. The van der Waals surface area contributed by atoms with Crippen molar-refractivity contribution < 1.29 is 27.4 Å². The van der Waals surface area contributed by atoms with Crippen LogP contribution in [-0.4, -0.2) is 58.3 Å². The molecule has 1 atom stereocenters. The lowest BCUT2D eigenvalue weighted by atomic mass is 10.2. The molecular weight excluding hydrogens is 360 g/mol. The fourth-order valence-electron chi connectivity index (χ4n) is 2.20. The number of ether oxygens (including phenoxy) is 3. The van der Waals surface area contributed by atoms with Crippen molar-refractivity contribution in [3.05, 3.63) is 18.2 Å². The van der Waals surface area contributed by atoms with E-state index < -0.39 is 27.8 Å². The van der Waals surface area contributed by atoms with Crippen LogP contribution in [0, 0.1) is 0 Å². The van der Waals surface area contributed by atoms with Gasteiger partial charge >= 0.3 is 6.09 Å². The molecule has 0 bridgehead atoms. The predicted molar refractivity (Wildman–Crippen MR) is 98.2 cm³/mol. The summed E-state index contributed by atoms with van der Waals surface area (Å²) in [5.74, 6) is 0.760. The third-order valence-electron chi connectivity index (χ3n) is 3.36. The SMILES string of the molecule is COc1ccc(S(=O)(=O)N(C)C[C@@H](C)NC(=O)OC(C)(C)C)cc1OC.